The molecule has 2 heterocycles. The molecule has 108 valence electrons. The number of nitrogens with zero attached hydrogens (tertiary/aromatic N) is 3. The van der Waals surface area contributed by atoms with Gasteiger partial charge >= 0.3 is 0 Å². The van der Waals surface area contributed by atoms with Gasteiger partial charge in [0.2, 0.25) is 5.91 Å². The van der Waals surface area contributed by atoms with E-state index < -0.39 is 0 Å². The maximum Gasteiger partial charge on any atom is 0.218 e. The Morgan fingerprint density at radius 2 is 2.30 bits per heavy atom. The summed E-state index contributed by atoms with van der Waals surface area (Å²) in [5.41, 5.74) is 6.87. The molecule has 0 aliphatic heterocycles. The molecular weight excluding hydrogens is 296 g/mol. The van der Waals surface area contributed by atoms with Gasteiger partial charge in [0.05, 0.1) is 11.3 Å². The first-order valence-corrected chi connectivity index (χ1v) is 7.90. The normalized spacial score (nSPS) is 11.1. The molecule has 0 aromatic carbocycles. The molecule has 0 spiro atoms. The van der Waals surface area contributed by atoms with Gasteiger partial charge in [0.1, 0.15) is 16.1 Å². The lowest BCUT2D eigenvalue weighted by Crippen LogP contribution is -2.11. The van der Waals surface area contributed by atoms with Crippen LogP contribution in [0.3, 0.4) is 0 Å². The van der Waals surface area contributed by atoms with E-state index in [1.807, 2.05) is 0 Å². The molecule has 0 bridgehead atoms. The van der Waals surface area contributed by atoms with E-state index in [0.29, 0.717) is 17.2 Å². The third-order valence-corrected chi connectivity index (χ3v) is 4.16. The van der Waals surface area contributed by atoms with Gasteiger partial charge in [0.15, 0.2) is 0 Å². The number of hydrogen-bond donors (Lipinski definition) is 1. The number of carbonyl (C=O) groups is 1. The Kier molecular flexibility index (Phi) is 5.25. The maximum atomic E-state index is 10.8. The number of hydrogen-bond acceptors (Lipinski definition) is 4. The molecule has 1 amide bonds. The molecule has 0 aliphatic rings. The molecule has 0 atom stereocenters. The molecule has 2 rings (SSSR count). The zero-order valence-electron chi connectivity index (χ0n) is 11.3. The molecule has 2 N–H and O–H groups in total. The lowest BCUT2D eigenvalue weighted by atomic mass is 10.3. The maximum absolute atomic E-state index is 10.8. The lowest BCUT2D eigenvalue weighted by molar-refractivity contribution is -0.117. The van der Waals surface area contributed by atoms with Crippen LogP contribution in [0.15, 0.2) is 17.6 Å². The summed E-state index contributed by atoms with van der Waals surface area (Å²) in [6.07, 6.45) is 5.92. The number of amides is 1. The first-order valence-electron chi connectivity index (χ1n) is 6.54. The zero-order chi connectivity index (χ0) is 14.5. The van der Waals surface area contributed by atoms with Crippen molar-refractivity contribution in [1.82, 2.24) is 14.5 Å². The minimum absolute atomic E-state index is 0.304. The fourth-order valence-corrected chi connectivity index (χ4v) is 3.03. The van der Waals surface area contributed by atoms with Crippen molar-refractivity contribution in [2.24, 2.45) is 5.73 Å². The number of aryl methyl sites for hydroxylation is 1. The summed E-state index contributed by atoms with van der Waals surface area (Å²) in [7, 11) is 0. The number of aromatic nitrogens is 3. The summed E-state index contributed by atoms with van der Waals surface area (Å²) in [5.74, 6) is 0.306. The zero-order valence-corrected chi connectivity index (χ0v) is 12.9. The summed E-state index contributed by atoms with van der Waals surface area (Å²) >= 11 is 7.65. The second kappa shape index (κ2) is 6.95. The van der Waals surface area contributed by atoms with E-state index in [4.69, 9.17) is 17.3 Å². The number of nitrogens with two attached hydrogens (primary N) is 1. The van der Waals surface area contributed by atoms with Crippen molar-refractivity contribution < 1.29 is 4.79 Å². The average Bonchev–Trinajstić information content (AvgIpc) is 2.84. The topological polar surface area (TPSA) is 73.8 Å². The van der Waals surface area contributed by atoms with E-state index in [2.05, 4.69) is 21.5 Å². The van der Waals surface area contributed by atoms with E-state index in [9.17, 15) is 4.79 Å². The number of rotatable bonds is 7. The Balaban J connectivity index is 2.30. The van der Waals surface area contributed by atoms with Gasteiger partial charge in [-0.3, -0.25) is 4.79 Å². The largest absolute Gasteiger partial charge is 0.370 e. The molecule has 0 aliphatic carbocycles. The van der Waals surface area contributed by atoms with Crippen LogP contribution in [0.5, 0.6) is 0 Å². The van der Waals surface area contributed by atoms with Crippen molar-refractivity contribution in [3.05, 3.63) is 17.5 Å². The predicted molar refractivity (Wildman–Crippen MR) is 82.0 cm³/mol. The minimum Gasteiger partial charge on any atom is -0.370 e. The highest BCUT2D eigenvalue weighted by atomic mass is 35.5. The Bertz CT molecular complexity index is 614. The molecule has 0 radical (unpaired) electrons. The molecule has 20 heavy (non-hydrogen) atoms. The first-order chi connectivity index (χ1) is 9.63. The van der Waals surface area contributed by atoms with Gasteiger partial charge in [-0.05, 0) is 6.42 Å². The number of halogens is 1. The van der Waals surface area contributed by atoms with Crippen LogP contribution in [-0.2, 0) is 11.3 Å². The van der Waals surface area contributed by atoms with E-state index in [-0.39, 0.29) is 5.91 Å². The average molecular weight is 313 g/mol. The molecule has 0 saturated heterocycles. The summed E-state index contributed by atoms with van der Waals surface area (Å²) in [5, 5.41) is 1.40. The number of imidazole rings is 1. The summed E-state index contributed by atoms with van der Waals surface area (Å²) < 4.78 is 2.07. The third-order valence-electron chi connectivity index (χ3n) is 2.90. The van der Waals surface area contributed by atoms with Gasteiger partial charge in [-0.15, -0.1) is 11.8 Å². The van der Waals surface area contributed by atoms with Crippen LogP contribution in [0.2, 0.25) is 5.02 Å². The highest BCUT2D eigenvalue weighted by Gasteiger charge is 2.13. The first kappa shape index (κ1) is 15.1. The number of unbranched alkanes of at least 4 members (excludes halogenated alkanes) is 1. The van der Waals surface area contributed by atoms with E-state index >= 15 is 0 Å². The fourth-order valence-electron chi connectivity index (χ4n) is 1.87. The number of fused-ring (bicyclic) bond motifs is 1. The molecular formula is C13H17ClN4OS. The molecule has 7 heteroatoms. The number of thioether (sulfide) groups is 1. The van der Waals surface area contributed by atoms with Crippen molar-refractivity contribution >= 4 is 40.3 Å². The standard InChI is InChI=1S/C13H17ClN4OS/c1-2-3-5-18-8-17-11-9(14)7-16-13(12(11)18)20-6-4-10(15)19/h7-8H,2-6H2,1H3,(H2,15,19). The van der Waals surface area contributed by atoms with Crippen molar-refractivity contribution in [3.63, 3.8) is 0 Å². The minimum atomic E-state index is -0.304. The van der Waals surface area contributed by atoms with E-state index in [0.717, 1.165) is 35.4 Å². The second-order valence-electron chi connectivity index (χ2n) is 4.46. The van der Waals surface area contributed by atoms with Crippen molar-refractivity contribution in [2.75, 3.05) is 5.75 Å². The SMILES string of the molecule is CCCCn1cnc2c(Cl)cnc(SCCC(N)=O)c21. The van der Waals surface area contributed by atoms with Crippen LogP contribution < -0.4 is 5.73 Å². The highest BCUT2D eigenvalue weighted by Crippen LogP contribution is 2.30. The number of primary amides is 1. The van der Waals surface area contributed by atoms with E-state index in [1.54, 1.807) is 12.5 Å². The van der Waals surface area contributed by atoms with Gasteiger partial charge in [0, 0.05) is 24.9 Å². The molecule has 5 nitrogen and oxygen atoms in total. The number of pyridine rings is 1. The Morgan fingerprint density at radius 1 is 1.50 bits per heavy atom. The van der Waals surface area contributed by atoms with Gasteiger partial charge < -0.3 is 10.3 Å². The van der Waals surface area contributed by atoms with Gasteiger partial charge in [-0.2, -0.15) is 0 Å². The van der Waals surface area contributed by atoms with Gasteiger partial charge in [-0.1, -0.05) is 24.9 Å². The second-order valence-corrected chi connectivity index (χ2v) is 5.96. The monoisotopic (exact) mass is 312 g/mol. The van der Waals surface area contributed by atoms with Crippen molar-refractivity contribution in [1.29, 1.82) is 0 Å². The van der Waals surface area contributed by atoms with Crippen LogP contribution in [0, 0.1) is 0 Å². The van der Waals surface area contributed by atoms with Crippen molar-refractivity contribution in [3.8, 4) is 0 Å². The molecule has 2 aromatic rings. The Hall–Kier alpha value is -1.27. The summed E-state index contributed by atoms with van der Waals surface area (Å²) in [6.45, 7) is 3.03. The third kappa shape index (κ3) is 3.43. The molecule has 0 saturated carbocycles. The number of carbonyl (C=O) groups excluding carboxylic acids is 1. The van der Waals surface area contributed by atoms with Crippen molar-refractivity contribution in [2.45, 2.75) is 37.8 Å². The van der Waals surface area contributed by atoms with Crippen LogP contribution in [0.4, 0.5) is 0 Å². The Morgan fingerprint density at radius 3 is 3.00 bits per heavy atom. The van der Waals surface area contributed by atoms with E-state index in [1.165, 1.54) is 11.8 Å². The van der Waals surface area contributed by atoms with Gasteiger partial charge in [0.25, 0.3) is 0 Å². The van der Waals surface area contributed by atoms with Crippen LogP contribution in [-0.4, -0.2) is 26.2 Å². The molecule has 0 unspecified atom stereocenters. The van der Waals surface area contributed by atoms with Crippen LogP contribution >= 0.6 is 23.4 Å². The lowest BCUT2D eigenvalue weighted by Gasteiger charge is -2.07. The Labute approximate surface area is 126 Å². The van der Waals surface area contributed by atoms with Gasteiger partial charge in [-0.25, -0.2) is 9.97 Å². The quantitative estimate of drug-likeness (QED) is 0.798. The van der Waals surface area contributed by atoms with Crippen LogP contribution in [0.1, 0.15) is 26.2 Å². The van der Waals surface area contributed by atoms with Crippen LogP contribution in [0.25, 0.3) is 11.0 Å². The summed E-state index contributed by atoms with van der Waals surface area (Å²) in [6, 6.07) is 0. The molecule has 2 aromatic heterocycles. The molecule has 0 fully saturated rings. The fraction of sp³-hybridized carbons (Fsp3) is 0.462. The highest BCUT2D eigenvalue weighted by molar-refractivity contribution is 7.99. The smallest absolute Gasteiger partial charge is 0.218 e. The summed E-state index contributed by atoms with van der Waals surface area (Å²) in [4.78, 5) is 19.5. The predicted octanol–water partition coefficient (Wildman–Crippen LogP) is 2.85.